The van der Waals surface area contributed by atoms with Crippen LogP contribution >= 0.6 is 0 Å². The Morgan fingerprint density at radius 3 is 2.28 bits per heavy atom. The number of benzene rings is 2. The van der Waals surface area contributed by atoms with Gasteiger partial charge in [-0.25, -0.2) is 17.5 Å². The van der Waals surface area contributed by atoms with Gasteiger partial charge in [0, 0.05) is 6.04 Å². The van der Waals surface area contributed by atoms with Crippen molar-refractivity contribution in [3.63, 3.8) is 0 Å². The summed E-state index contributed by atoms with van der Waals surface area (Å²) in [5, 5.41) is 0. The van der Waals surface area contributed by atoms with Crippen molar-refractivity contribution in [2.45, 2.75) is 43.5 Å². The number of fused-ring (bicyclic) bond motifs is 1. The van der Waals surface area contributed by atoms with E-state index >= 15 is 0 Å². The van der Waals surface area contributed by atoms with E-state index in [2.05, 4.69) is 4.72 Å². The number of rotatable bonds is 5. The van der Waals surface area contributed by atoms with Gasteiger partial charge in [-0.3, -0.25) is 0 Å². The van der Waals surface area contributed by atoms with E-state index in [0.29, 0.717) is 11.3 Å². The average molecular weight is 363 g/mol. The van der Waals surface area contributed by atoms with E-state index in [9.17, 15) is 12.8 Å². The van der Waals surface area contributed by atoms with Crippen molar-refractivity contribution in [3.8, 4) is 5.75 Å². The molecule has 0 spiro atoms. The van der Waals surface area contributed by atoms with Crippen LogP contribution in [-0.2, 0) is 22.9 Å². The maximum Gasteiger partial charge on any atom is 0.244 e. The van der Waals surface area contributed by atoms with E-state index < -0.39 is 16.1 Å². The first kappa shape index (κ1) is 17.9. The highest BCUT2D eigenvalue weighted by molar-refractivity contribution is 7.89. The molecule has 1 atom stereocenters. The third-order valence-electron chi connectivity index (χ3n) is 4.62. The minimum absolute atomic E-state index is 0.157. The molecule has 1 N–H and O–H groups in total. The molecule has 6 heteroatoms. The topological polar surface area (TPSA) is 55.4 Å². The number of halogens is 1. The number of sulfonamides is 1. The minimum Gasteiger partial charge on any atom is -0.495 e. The lowest BCUT2D eigenvalue weighted by Gasteiger charge is -2.21. The molecule has 0 heterocycles. The summed E-state index contributed by atoms with van der Waals surface area (Å²) in [7, 11) is -2.28. The number of nitrogens with one attached hydrogen (secondary N) is 1. The van der Waals surface area contributed by atoms with E-state index in [0.717, 1.165) is 36.8 Å². The third-order valence-corrected chi connectivity index (χ3v) is 6.18. The molecule has 3 rings (SSSR count). The average Bonchev–Trinajstić information content (AvgIpc) is 2.60. The van der Waals surface area contributed by atoms with Gasteiger partial charge in [0.1, 0.15) is 16.5 Å². The van der Waals surface area contributed by atoms with Crippen molar-refractivity contribution in [2.24, 2.45) is 0 Å². The Balaban J connectivity index is 1.92. The fraction of sp³-hybridized carbons (Fsp3) is 0.368. The molecule has 0 unspecified atom stereocenters. The molecule has 25 heavy (non-hydrogen) atoms. The van der Waals surface area contributed by atoms with Gasteiger partial charge < -0.3 is 4.74 Å². The molecule has 0 saturated carbocycles. The minimum atomic E-state index is -3.76. The smallest absolute Gasteiger partial charge is 0.244 e. The highest BCUT2D eigenvalue weighted by Gasteiger charge is 2.25. The highest BCUT2D eigenvalue weighted by atomic mass is 32.2. The predicted octanol–water partition coefficient (Wildman–Crippen LogP) is 3.75. The third kappa shape index (κ3) is 3.85. The molecular formula is C19H22FNO3S. The monoisotopic (exact) mass is 363 g/mol. The largest absolute Gasteiger partial charge is 0.495 e. The molecule has 134 valence electrons. The van der Waals surface area contributed by atoms with Crippen LogP contribution in [0, 0.1) is 5.82 Å². The van der Waals surface area contributed by atoms with Crippen molar-refractivity contribution in [1.29, 1.82) is 0 Å². The summed E-state index contributed by atoms with van der Waals surface area (Å²) in [5.41, 5.74) is 2.93. The van der Waals surface area contributed by atoms with Crippen LogP contribution in [0.5, 0.6) is 5.75 Å². The van der Waals surface area contributed by atoms with Crippen LogP contribution in [-0.4, -0.2) is 15.5 Å². The lowest BCUT2D eigenvalue weighted by Crippen LogP contribution is -2.27. The van der Waals surface area contributed by atoms with Crippen LogP contribution in [0.3, 0.4) is 0 Å². The molecule has 4 nitrogen and oxygen atoms in total. The van der Waals surface area contributed by atoms with E-state index in [1.54, 1.807) is 25.1 Å². The Hall–Kier alpha value is -1.92. The molecule has 1 aliphatic rings. The fourth-order valence-electron chi connectivity index (χ4n) is 3.23. The van der Waals surface area contributed by atoms with Crippen LogP contribution in [0.15, 0.2) is 41.3 Å². The molecule has 2 aromatic rings. The fourth-order valence-corrected chi connectivity index (χ4v) is 4.66. The lowest BCUT2D eigenvalue weighted by molar-refractivity contribution is 0.400. The Kier molecular flexibility index (Phi) is 5.11. The van der Waals surface area contributed by atoms with Gasteiger partial charge in [-0.05, 0) is 73.6 Å². The van der Waals surface area contributed by atoms with E-state index in [4.69, 9.17) is 4.74 Å². The zero-order valence-electron chi connectivity index (χ0n) is 14.4. The quantitative estimate of drug-likeness (QED) is 0.880. The number of aryl methyl sites for hydroxylation is 2. The number of hydrogen-bond donors (Lipinski definition) is 1. The van der Waals surface area contributed by atoms with Crippen molar-refractivity contribution in [1.82, 2.24) is 4.72 Å². The van der Waals surface area contributed by atoms with Gasteiger partial charge in [-0.15, -0.1) is 0 Å². The van der Waals surface area contributed by atoms with E-state index in [1.165, 1.54) is 19.2 Å². The zero-order chi connectivity index (χ0) is 18.0. The van der Waals surface area contributed by atoms with E-state index in [1.807, 2.05) is 6.07 Å². The second-order valence-corrected chi connectivity index (χ2v) is 8.06. The SMILES string of the molecule is COc1cc2c(cc1S(=O)(=O)N[C@@H](C)c1ccc(F)cc1)CCCC2. The van der Waals surface area contributed by atoms with Crippen LogP contribution in [0.1, 0.15) is 42.5 Å². The first-order valence-corrected chi connectivity index (χ1v) is 9.86. The van der Waals surface area contributed by atoms with Gasteiger partial charge >= 0.3 is 0 Å². The number of hydrogen-bond acceptors (Lipinski definition) is 3. The first-order chi connectivity index (χ1) is 11.9. The van der Waals surface area contributed by atoms with Crippen molar-refractivity contribution >= 4 is 10.0 Å². The van der Waals surface area contributed by atoms with Gasteiger partial charge in [0.25, 0.3) is 0 Å². The van der Waals surface area contributed by atoms with Gasteiger partial charge in [-0.2, -0.15) is 0 Å². The maximum absolute atomic E-state index is 13.1. The zero-order valence-corrected chi connectivity index (χ0v) is 15.2. The standard InChI is InChI=1S/C19H22FNO3S/c1-13(14-7-9-17(20)10-8-14)21-25(22,23)19-12-16-6-4-3-5-15(16)11-18(19)24-2/h7-13,21H,3-6H2,1-2H3/t13-/m0/s1. The molecule has 0 saturated heterocycles. The Morgan fingerprint density at radius 2 is 1.68 bits per heavy atom. The summed E-state index contributed by atoms with van der Waals surface area (Å²) >= 11 is 0. The first-order valence-electron chi connectivity index (χ1n) is 8.38. The van der Waals surface area contributed by atoms with Crippen LogP contribution in [0.2, 0.25) is 0 Å². The van der Waals surface area contributed by atoms with Crippen molar-refractivity contribution < 1.29 is 17.5 Å². The van der Waals surface area contributed by atoms with Crippen LogP contribution < -0.4 is 9.46 Å². The lowest BCUT2D eigenvalue weighted by atomic mass is 9.92. The van der Waals surface area contributed by atoms with Crippen LogP contribution in [0.4, 0.5) is 4.39 Å². The molecule has 0 amide bonds. The van der Waals surface area contributed by atoms with Gasteiger partial charge in [-0.1, -0.05) is 12.1 Å². The summed E-state index contributed by atoms with van der Waals surface area (Å²) in [6.45, 7) is 1.73. The molecular weight excluding hydrogens is 341 g/mol. The number of ether oxygens (including phenoxy) is 1. The summed E-state index contributed by atoms with van der Waals surface area (Å²) < 4.78 is 46.8. The molecule has 0 aromatic heterocycles. The van der Waals surface area contributed by atoms with Gasteiger partial charge in [0.15, 0.2) is 0 Å². The van der Waals surface area contributed by atoms with Gasteiger partial charge in [0.2, 0.25) is 10.0 Å². The van der Waals surface area contributed by atoms with Crippen molar-refractivity contribution in [3.05, 3.63) is 58.9 Å². The molecule has 0 fully saturated rings. The second-order valence-electron chi connectivity index (χ2n) is 6.37. The summed E-state index contributed by atoms with van der Waals surface area (Å²) in [6, 6.07) is 8.88. The molecule has 1 aliphatic carbocycles. The molecule has 0 aliphatic heterocycles. The highest BCUT2D eigenvalue weighted by Crippen LogP contribution is 2.32. The Labute approximate surface area is 148 Å². The summed E-state index contributed by atoms with van der Waals surface area (Å²) in [6.07, 6.45) is 4.02. The summed E-state index contributed by atoms with van der Waals surface area (Å²) in [5.74, 6) is 0.00891. The summed E-state index contributed by atoms with van der Waals surface area (Å²) in [4.78, 5) is 0.157. The maximum atomic E-state index is 13.1. The predicted molar refractivity (Wildman–Crippen MR) is 94.8 cm³/mol. The number of methoxy groups -OCH3 is 1. The molecule has 0 radical (unpaired) electrons. The molecule has 2 aromatic carbocycles. The van der Waals surface area contributed by atoms with Crippen molar-refractivity contribution in [2.75, 3.05) is 7.11 Å². The second kappa shape index (κ2) is 7.14. The van der Waals surface area contributed by atoms with E-state index in [-0.39, 0.29) is 10.7 Å². The Bertz CT molecular complexity index is 863. The van der Waals surface area contributed by atoms with Gasteiger partial charge in [0.05, 0.1) is 7.11 Å². The molecule has 0 bridgehead atoms. The normalized spacial score (nSPS) is 15.5. The van der Waals surface area contributed by atoms with Crippen LogP contribution in [0.25, 0.3) is 0 Å². The Morgan fingerprint density at radius 1 is 1.08 bits per heavy atom.